The molecule has 0 spiro atoms. The second-order valence-corrected chi connectivity index (χ2v) is 4.56. The van der Waals surface area contributed by atoms with Gasteiger partial charge in [-0.15, -0.1) is 0 Å². The molecular formula is C9H11BrS. The Hall–Kier alpha value is 0.0500. The normalized spacial score (nSPS) is 10.1. The van der Waals surface area contributed by atoms with Gasteiger partial charge >= 0.3 is 0 Å². The van der Waals surface area contributed by atoms with Gasteiger partial charge < -0.3 is 0 Å². The molecular weight excluding hydrogens is 220 g/mol. The third kappa shape index (κ3) is 2.53. The molecule has 0 heterocycles. The Morgan fingerprint density at radius 2 is 2.09 bits per heavy atom. The Morgan fingerprint density at radius 1 is 1.36 bits per heavy atom. The van der Waals surface area contributed by atoms with E-state index in [1.54, 1.807) is 10.2 Å². The van der Waals surface area contributed by atoms with Gasteiger partial charge in [-0.1, -0.05) is 34.0 Å². The van der Waals surface area contributed by atoms with E-state index in [0.29, 0.717) is 0 Å². The van der Waals surface area contributed by atoms with Crippen molar-refractivity contribution in [2.24, 2.45) is 0 Å². The lowest BCUT2D eigenvalue weighted by atomic mass is 10.1. The molecule has 1 rings (SSSR count). The Morgan fingerprint density at radius 3 is 2.64 bits per heavy atom. The van der Waals surface area contributed by atoms with Crippen molar-refractivity contribution >= 4 is 25.0 Å². The van der Waals surface area contributed by atoms with E-state index < -0.39 is 0 Å². The fourth-order valence-electron chi connectivity index (χ4n) is 1.07. The summed E-state index contributed by atoms with van der Waals surface area (Å²) in [6.45, 7) is 4.28. The van der Waals surface area contributed by atoms with Crippen LogP contribution in [-0.4, -0.2) is 0 Å². The van der Waals surface area contributed by atoms with Crippen LogP contribution in [0.1, 0.15) is 16.7 Å². The molecule has 0 amide bonds. The molecule has 0 N–H and O–H groups in total. The average molecular weight is 231 g/mol. The van der Waals surface area contributed by atoms with Crippen LogP contribution in [0.25, 0.3) is 0 Å². The number of hydrogen-bond donors (Lipinski definition) is 0. The Kier molecular flexibility index (Phi) is 3.46. The maximum Gasteiger partial charge on any atom is 0.0297 e. The molecule has 60 valence electrons. The van der Waals surface area contributed by atoms with Gasteiger partial charge in [-0.25, -0.2) is 0 Å². The molecule has 0 saturated carbocycles. The smallest absolute Gasteiger partial charge is 0.0297 e. The molecule has 0 aliphatic rings. The molecule has 1 aromatic rings. The van der Waals surface area contributed by atoms with Crippen molar-refractivity contribution in [1.82, 2.24) is 0 Å². The average Bonchev–Trinajstić information content (AvgIpc) is 1.95. The Labute approximate surface area is 79.6 Å². The summed E-state index contributed by atoms with van der Waals surface area (Å²) in [4.78, 5) is 0. The molecule has 0 aromatic heterocycles. The summed E-state index contributed by atoms with van der Waals surface area (Å²) in [7, 11) is 1.69. The number of rotatable bonds is 2. The van der Waals surface area contributed by atoms with Crippen LogP contribution < -0.4 is 0 Å². The largest absolute Gasteiger partial charge is 0.0787 e. The molecule has 2 heteroatoms. The third-order valence-corrected chi connectivity index (χ3v) is 2.82. The van der Waals surface area contributed by atoms with Crippen molar-refractivity contribution in [1.29, 1.82) is 0 Å². The highest BCUT2D eigenvalue weighted by molar-refractivity contribution is 9.50. The summed E-state index contributed by atoms with van der Waals surface area (Å²) in [6, 6.07) is 6.57. The van der Waals surface area contributed by atoms with E-state index in [9.17, 15) is 0 Å². The van der Waals surface area contributed by atoms with Crippen molar-refractivity contribution in [3.05, 3.63) is 34.9 Å². The summed E-state index contributed by atoms with van der Waals surface area (Å²) < 4.78 is 0. The van der Waals surface area contributed by atoms with Gasteiger partial charge in [0, 0.05) is 5.75 Å². The lowest BCUT2D eigenvalue weighted by Crippen LogP contribution is -1.85. The topological polar surface area (TPSA) is 0 Å². The van der Waals surface area contributed by atoms with Crippen LogP contribution in [0.2, 0.25) is 0 Å². The highest BCUT2D eigenvalue weighted by Crippen LogP contribution is 2.21. The minimum atomic E-state index is 1.05. The first-order valence-corrected chi connectivity index (χ1v) is 6.36. The molecule has 0 bridgehead atoms. The fraction of sp³-hybridized carbons (Fsp3) is 0.333. The van der Waals surface area contributed by atoms with E-state index in [2.05, 4.69) is 46.9 Å². The van der Waals surface area contributed by atoms with E-state index >= 15 is 0 Å². The van der Waals surface area contributed by atoms with Gasteiger partial charge in [0.1, 0.15) is 0 Å². The van der Waals surface area contributed by atoms with E-state index in [1.165, 1.54) is 16.7 Å². The van der Waals surface area contributed by atoms with Gasteiger partial charge in [0.25, 0.3) is 0 Å². The predicted octanol–water partition coefficient (Wildman–Crippen LogP) is 3.85. The van der Waals surface area contributed by atoms with Crippen molar-refractivity contribution in [3.8, 4) is 0 Å². The van der Waals surface area contributed by atoms with Gasteiger partial charge in [-0.3, -0.25) is 0 Å². The molecule has 0 nitrogen and oxygen atoms in total. The summed E-state index contributed by atoms with van der Waals surface area (Å²) in [5, 5.41) is 0. The molecule has 1 aromatic carbocycles. The molecule has 0 aliphatic heterocycles. The van der Waals surface area contributed by atoms with Crippen LogP contribution in [0.5, 0.6) is 0 Å². The first kappa shape index (κ1) is 9.14. The molecule has 0 unspecified atom stereocenters. The van der Waals surface area contributed by atoms with Crippen LogP contribution in [0.3, 0.4) is 0 Å². The van der Waals surface area contributed by atoms with Gasteiger partial charge in [-0.2, -0.15) is 0 Å². The maximum absolute atomic E-state index is 3.36. The quantitative estimate of drug-likeness (QED) is 0.745. The number of halogens is 1. The highest BCUT2D eigenvalue weighted by Gasteiger charge is 1.96. The minimum Gasteiger partial charge on any atom is -0.0787 e. The van der Waals surface area contributed by atoms with E-state index in [4.69, 9.17) is 0 Å². The SMILES string of the molecule is Cc1ccc(CSBr)c(C)c1. The van der Waals surface area contributed by atoms with Crippen LogP contribution in [0, 0.1) is 13.8 Å². The second-order valence-electron chi connectivity index (χ2n) is 2.68. The number of aryl methyl sites for hydroxylation is 2. The fourth-order valence-corrected chi connectivity index (χ4v) is 2.25. The molecule has 0 fully saturated rings. The van der Waals surface area contributed by atoms with Crippen LogP contribution in [0.15, 0.2) is 18.2 Å². The van der Waals surface area contributed by atoms with Crippen LogP contribution in [-0.2, 0) is 5.75 Å². The van der Waals surface area contributed by atoms with Crippen LogP contribution >= 0.6 is 25.0 Å². The third-order valence-electron chi connectivity index (χ3n) is 1.71. The lowest BCUT2D eigenvalue weighted by molar-refractivity contribution is 1.28. The summed E-state index contributed by atoms with van der Waals surface area (Å²) >= 11 is 3.36. The van der Waals surface area contributed by atoms with Crippen molar-refractivity contribution < 1.29 is 0 Å². The molecule has 0 saturated heterocycles. The first-order chi connectivity index (χ1) is 5.24. The van der Waals surface area contributed by atoms with Crippen LogP contribution in [0.4, 0.5) is 0 Å². The lowest BCUT2D eigenvalue weighted by Gasteiger charge is -2.03. The first-order valence-electron chi connectivity index (χ1n) is 3.53. The monoisotopic (exact) mass is 230 g/mol. The maximum atomic E-state index is 3.36. The van der Waals surface area contributed by atoms with E-state index in [0.717, 1.165) is 5.75 Å². The van der Waals surface area contributed by atoms with Crippen molar-refractivity contribution in [2.45, 2.75) is 19.6 Å². The second kappa shape index (κ2) is 4.17. The number of hydrogen-bond acceptors (Lipinski definition) is 1. The van der Waals surface area contributed by atoms with Gasteiger partial charge in [-0.05, 0) is 39.8 Å². The van der Waals surface area contributed by atoms with Gasteiger partial charge in [0.2, 0.25) is 0 Å². The summed E-state index contributed by atoms with van der Waals surface area (Å²) in [6.07, 6.45) is 0. The van der Waals surface area contributed by atoms with E-state index in [-0.39, 0.29) is 0 Å². The standard InChI is InChI=1S/C9H11BrS/c1-7-3-4-9(6-11-10)8(2)5-7/h3-5H,6H2,1-2H3. The van der Waals surface area contributed by atoms with Gasteiger partial charge in [0.05, 0.1) is 0 Å². The minimum absolute atomic E-state index is 1.05. The van der Waals surface area contributed by atoms with Crippen molar-refractivity contribution in [3.63, 3.8) is 0 Å². The molecule has 0 aliphatic carbocycles. The summed E-state index contributed by atoms with van der Waals surface area (Å²) in [5.41, 5.74) is 4.14. The number of benzene rings is 1. The zero-order valence-corrected chi connectivity index (χ0v) is 9.13. The Bertz CT molecular complexity index is 245. The zero-order valence-electron chi connectivity index (χ0n) is 6.73. The van der Waals surface area contributed by atoms with Crippen molar-refractivity contribution in [2.75, 3.05) is 0 Å². The molecule has 11 heavy (non-hydrogen) atoms. The molecule has 0 atom stereocenters. The summed E-state index contributed by atoms with van der Waals surface area (Å²) in [5.74, 6) is 1.05. The zero-order chi connectivity index (χ0) is 8.27. The Balaban J connectivity index is 2.90. The van der Waals surface area contributed by atoms with E-state index in [1.807, 2.05) is 0 Å². The van der Waals surface area contributed by atoms with Gasteiger partial charge in [0.15, 0.2) is 0 Å². The predicted molar refractivity (Wildman–Crippen MR) is 56.1 cm³/mol. The highest BCUT2D eigenvalue weighted by atomic mass is 79.9. The molecule has 0 radical (unpaired) electrons.